The quantitative estimate of drug-likeness (QED) is 0.177. The monoisotopic (exact) mass is 788 g/mol. The summed E-state index contributed by atoms with van der Waals surface area (Å²) in [6, 6.07) is 80.3. The van der Waals surface area contributed by atoms with Crippen LogP contribution in [0.4, 0.5) is 17.1 Å². The second-order valence-electron chi connectivity index (χ2n) is 16.7. The van der Waals surface area contributed by atoms with Gasteiger partial charge in [0, 0.05) is 33.0 Å². The van der Waals surface area contributed by atoms with Crippen LogP contribution in [0.3, 0.4) is 0 Å². The van der Waals surface area contributed by atoms with E-state index in [4.69, 9.17) is 4.74 Å². The van der Waals surface area contributed by atoms with E-state index in [9.17, 15) is 0 Å². The van der Waals surface area contributed by atoms with Crippen molar-refractivity contribution in [3.8, 4) is 50.6 Å². The number of hydrogen-bond donors (Lipinski definition) is 0. The van der Waals surface area contributed by atoms with Crippen LogP contribution in [-0.2, 0) is 5.41 Å². The summed E-state index contributed by atoms with van der Waals surface area (Å²) in [6.07, 6.45) is 0. The molecule has 1 spiro atoms. The molecule has 0 saturated carbocycles. The van der Waals surface area contributed by atoms with Crippen molar-refractivity contribution in [1.82, 2.24) is 4.57 Å². The van der Waals surface area contributed by atoms with E-state index in [2.05, 4.69) is 222 Å². The van der Waals surface area contributed by atoms with Crippen molar-refractivity contribution >= 4 is 49.6 Å². The molecule has 0 unspecified atom stereocenters. The van der Waals surface area contributed by atoms with Crippen LogP contribution in [-0.4, -0.2) is 4.57 Å². The maximum absolute atomic E-state index is 6.47. The number of anilines is 3. The van der Waals surface area contributed by atoms with Crippen LogP contribution in [0.2, 0.25) is 0 Å². The molecule has 2 aliphatic carbocycles. The Morgan fingerprint density at radius 2 is 0.903 bits per heavy atom. The number of rotatable bonds is 4. The van der Waals surface area contributed by atoms with Crippen LogP contribution < -0.4 is 9.64 Å². The molecule has 3 heteroatoms. The molecule has 14 rings (SSSR count). The third kappa shape index (κ3) is 4.29. The molecule has 0 bridgehead atoms. The van der Waals surface area contributed by atoms with E-state index in [1.165, 1.54) is 77.1 Å². The highest BCUT2D eigenvalue weighted by Crippen LogP contribution is 2.64. The number of benzene rings is 10. The molecule has 0 atom stereocenters. The van der Waals surface area contributed by atoms with E-state index in [0.29, 0.717) is 0 Å². The number of para-hydroxylation sites is 4. The molecule has 0 saturated heterocycles. The summed E-state index contributed by atoms with van der Waals surface area (Å²) < 4.78 is 8.88. The van der Waals surface area contributed by atoms with Gasteiger partial charge < -0.3 is 14.2 Å². The Morgan fingerprint density at radius 1 is 0.371 bits per heavy atom. The van der Waals surface area contributed by atoms with Crippen LogP contribution in [0.5, 0.6) is 11.5 Å². The van der Waals surface area contributed by atoms with Gasteiger partial charge in [0.25, 0.3) is 0 Å². The lowest BCUT2D eigenvalue weighted by molar-refractivity contribution is 0.476. The normalized spacial score (nSPS) is 13.4. The summed E-state index contributed by atoms with van der Waals surface area (Å²) in [4.78, 5) is 2.50. The fraction of sp³-hybridized carbons (Fsp3) is 0.0169. The molecule has 2 heterocycles. The molecule has 1 aromatic heterocycles. The van der Waals surface area contributed by atoms with Gasteiger partial charge in [-0.1, -0.05) is 176 Å². The second-order valence-corrected chi connectivity index (χ2v) is 16.7. The first kappa shape index (κ1) is 33.7. The van der Waals surface area contributed by atoms with Crippen LogP contribution in [0.25, 0.3) is 71.6 Å². The third-order valence-electron chi connectivity index (χ3n) is 13.8. The van der Waals surface area contributed by atoms with Gasteiger partial charge in [-0.05, 0) is 92.4 Å². The molecular formula is C59H36N2O. The van der Waals surface area contributed by atoms with E-state index in [0.717, 1.165) is 45.3 Å². The summed E-state index contributed by atoms with van der Waals surface area (Å²) in [5.74, 6) is 1.75. The SMILES string of the molecule is c1ccc2c(c1)Oc1cccc3c4cccc(-c5ccc(N(c6cccc7c6-c6ccccc6C76c7ccccc7-c7ccccc76)c6cccc7ccccc67)cc5)c4n-2c13. The molecular weight excluding hydrogens is 753 g/mol. The number of nitrogens with zero attached hydrogens (tertiary/aromatic N) is 2. The van der Waals surface area contributed by atoms with E-state index in [1.807, 2.05) is 6.07 Å². The second kappa shape index (κ2) is 12.4. The van der Waals surface area contributed by atoms with E-state index < -0.39 is 5.41 Å². The molecule has 10 aromatic carbocycles. The summed E-state index contributed by atoms with van der Waals surface area (Å²) in [5.41, 5.74) is 19.2. The Balaban J connectivity index is 1.01. The van der Waals surface area contributed by atoms with Crippen molar-refractivity contribution in [2.24, 2.45) is 0 Å². The van der Waals surface area contributed by atoms with Crippen LogP contribution >= 0.6 is 0 Å². The van der Waals surface area contributed by atoms with Crippen LogP contribution in [0.1, 0.15) is 22.3 Å². The zero-order valence-electron chi connectivity index (χ0n) is 33.6. The molecule has 62 heavy (non-hydrogen) atoms. The lowest BCUT2D eigenvalue weighted by atomic mass is 9.70. The predicted molar refractivity (Wildman–Crippen MR) is 255 cm³/mol. The minimum absolute atomic E-state index is 0.438. The molecule has 288 valence electrons. The predicted octanol–water partition coefficient (Wildman–Crippen LogP) is 15.5. The fourth-order valence-electron chi connectivity index (χ4n) is 11.4. The number of ether oxygens (including phenoxy) is 1. The lowest BCUT2D eigenvalue weighted by Gasteiger charge is -2.32. The highest BCUT2D eigenvalue weighted by molar-refractivity contribution is 6.16. The van der Waals surface area contributed by atoms with Crippen LogP contribution in [0.15, 0.2) is 218 Å². The minimum atomic E-state index is -0.438. The Hall–Kier alpha value is -8.14. The number of fused-ring (bicyclic) bond motifs is 16. The zero-order chi connectivity index (χ0) is 40.5. The van der Waals surface area contributed by atoms with Crippen molar-refractivity contribution in [3.63, 3.8) is 0 Å². The Kier molecular flexibility index (Phi) is 6.76. The van der Waals surface area contributed by atoms with E-state index in [-0.39, 0.29) is 0 Å². The largest absolute Gasteiger partial charge is 0.453 e. The van der Waals surface area contributed by atoms with Crippen molar-refractivity contribution in [3.05, 3.63) is 241 Å². The van der Waals surface area contributed by atoms with Gasteiger partial charge in [-0.25, -0.2) is 0 Å². The summed E-state index contributed by atoms with van der Waals surface area (Å²) in [7, 11) is 0. The maximum Gasteiger partial charge on any atom is 0.152 e. The first-order valence-corrected chi connectivity index (χ1v) is 21.4. The van der Waals surface area contributed by atoms with Crippen molar-refractivity contribution < 1.29 is 4.74 Å². The van der Waals surface area contributed by atoms with Gasteiger partial charge in [0.2, 0.25) is 0 Å². The average Bonchev–Trinajstić information content (AvgIpc) is 3.96. The van der Waals surface area contributed by atoms with E-state index in [1.54, 1.807) is 0 Å². The highest BCUT2D eigenvalue weighted by Gasteiger charge is 2.52. The van der Waals surface area contributed by atoms with Gasteiger partial charge in [0.1, 0.15) is 0 Å². The fourth-order valence-corrected chi connectivity index (χ4v) is 11.4. The highest BCUT2D eigenvalue weighted by atomic mass is 16.5. The maximum atomic E-state index is 6.47. The van der Waals surface area contributed by atoms with Gasteiger partial charge in [-0.2, -0.15) is 0 Å². The molecule has 0 radical (unpaired) electrons. The first-order chi connectivity index (χ1) is 30.8. The van der Waals surface area contributed by atoms with Crippen LogP contribution in [0, 0.1) is 0 Å². The van der Waals surface area contributed by atoms with Gasteiger partial charge in [-0.3, -0.25) is 0 Å². The molecule has 3 nitrogen and oxygen atoms in total. The Morgan fingerprint density at radius 3 is 1.71 bits per heavy atom. The summed E-state index contributed by atoms with van der Waals surface area (Å²) in [6.45, 7) is 0. The molecule has 1 aliphatic heterocycles. The standard InChI is InChI=1S/C59H36N2O/c1-2-17-40-37(15-1)16-11-29-51(40)60(53-30-14-27-50-56(53)46-20-5-8-26-49(46)59(50)47-24-6-3-18-42(47)43-19-4-7-25-48(43)59)39-35-33-38(34-36-39)41-21-12-22-44-45-23-13-32-55-58(45)61(57(41)44)52-28-9-10-31-54(52)62-55/h1-36H. The van der Waals surface area contributed by atoms with Gasteiger partial charge >= 0.3 is 0 Å². The van der Waals surface area contributed by atoms with Gasteiger partial charge in [-0.15, -0.1) is 0 Å². The van der Waals surface area contributed by atoms with Gasteiger partial charge in [0.05, 0.1) is 33.5 Å². The molecule has 0 fully saturated rings. The smallest absolute Gasteiger partial charge is 0.152 e. The minimum Gasteiger partial charge on any atom is -0.453 e. The number of hydrogen-bond acceptors (Lipinski definition) is 2. The summed E-state index contributed by atoms with van der Waals surface area (Å²) >= 11 is 0. The van der Waals surface area contributed by atoms with Crippen molar-refractivity contribution in [1.29, 1.82) is 0 Å². The molecule has 3 aliphatic rings. The Bertz CT molecular complexity index is 3640. The third-order valence-corrected chi connectivity index (χ3v) is 13.8. The van der Waals surface area contributed by atoms with Gasteiger partial charge in [0.15, 0.2) is 11.5 Å². The van der Waals surface area contributed by atoms with Crippen molar-refractivity contribution in [2.75, 3.05) is 4.90 Å². The molecule has 0 amide bonds. The summed E-state index contributed by atoms with van der Waals surface area (Å²) in [5, 5.41) is 4.81. The first-order valence-electron chi connectivity index (χ1n) is 21.4. The molecule has 11 aromatic rings. The average molecular weight is 789 g/mol. The molecule has 0 N–H and O–H groups in total. The van der Waals surface area contributed by atoms with E-state index >= 15 is 0 Å². The topological polar surface area (TPSA) is 17.4 Å². The number of aromatic nitrogens is 1. The zero-order valence-corrected chi connectivity index (χ0v) is 33.6. The Labute approximate surface area is 359 Å². The van der Waals surface area contributed by atoms with Crippen molar-refractivity contribution in [2.45, 2.75) is 5.41 Å². The lowest BCUT2D eigenvalue weighted by Crippen LogP contribution is -2.26.